The van der Waals surface area contributed by atoms with E-state index in [1.165, 1.54) is 19.2 Å². The summed E-state index contributed by atoms with van der Waals surface area (Å²) in [6, 6.07) is 7.65. The van der Waals surface area contributed by atoms with Crippen molar-refractivity contribution in [2.24, 2.45) is 0 Å². The maximum atomic E-state index is 12.9. The number of amidine groups is 1. The molecule has 0 heterocycles. The molecule has 1 N–H and O–H groups in total. The van der Waals surface area contributed by atoms with E-state index >= 15 is 0 Å². The van der Waals surface area contributed by atoms with Crippen LogP contribution < -0.4 is 5.32 Å². The molecule has 0 unspecified atom stereocenters. The molecule has 0 aliphatic heterocycles. The van der Waals surface area contributed by atoms with Crippen LogP contribution in [-0.2, 0) is 0 Å². The Bertz CT molecular complexity index is 367. The molecule has 2 nitrogen and oxygen atoms in total. The third kappa shape index (κ3) is 2.91. The normalized spacial score (nSPS) is 13.3. The smallest absolute Gasteiger partial charge is 0.271 e. The predicted octanol–water partition coefficient (Wildman–Crippen LogP) is 2.79. The standard InChI is InChI=1S/C10H11F3N2S/c1-14-9(16-2)15(10(11,12)13)8-6-4-3-5-7-8/h3-7H,1-2H3/p+1. The lowest BCUT2D eigenvalue weighted by molar-refractivity contribution is -0.656. The van der Waals surface area contributed by atoms with Crippen molar-refractivity contribution < 1.29 is 17.7 Å². The van der Waals surface area contributed by atoms with Crippen LogP contribution >= 0.6 is 11.8 Å². The van der Waals surface area contributed by atoms with Crippen molar-refractivity contribution in [1.29, 1.82) is 0 Å². The maximum Gasteiger partial charge on any atom is 0.568 e. The third-order valence-electron chi connectivity index (χ3n) is 1.88. The number of thioether (sulfide) groups is 1. The van der Waals surface area contributed by atoms with Crippen LogP contribution in [0, 0.1) is 0 Å². The first kappa shape index (κ1) is 12.9. The van der Waals surface area contributed by atoms with Crippen LogP contribution in [0.3, 0.4) is 0 Å². The minimum atomic E-state index is -4.44. The van der Waals surface area contributed by atoms with E-state index in [-0.39, 0.29) is 10.9 Å². The number of hydrogen-bond donors (Lipinski definition) is 1. The van der Waals surface area contributed by atoms with Crippen LogP contribution in [-0.4, -0.2) is 29.3 Å². The van der Waals surface area contributed by atoms with Gasteiger partial charge in [0, 0.05) is 0 Å². The summed E-state index contributed by atoms with van der Waals surface area (Å²) in [5.41, 5.74) is 0.0914. The van der Waals surface area contributed by atoms with Gasteiger partial charge in [-0.05, 0) is 30.2 Å². The summed E-state index contributed by atoms with van der Waals surface area (Å²) in [5, 5.41) is 2.58. The fourth-order valence-electron chi connectivity index (χ4n) is 1.26. The quantitative estimate of drug-likeness (QED) is 0.356. The number of hydrogen-bond acceptors (Lipinski definition) is 1. The average molecular weight is 249 g/mol. The lowest BCUT2D eigenvalue weighted by Crippen LogP contribution is -2.35. The minimum Gasteiger partial charge on any atom is -0.271 e. The van der Waals surface area contributed by atoms with Crippen LogP contribution in [0.2, 0.25) is 0 Å². The summed E-state index contributed by atoms with van der Waals surface area (Å²) in [7, 11) is 1.47. The zero-order valence-electron chi connectivity index (χ0n) is 8.88. The highest BCUT2D eigenvalue weighted by molar-refractivity contribution is 8.13. The van der Waals surface area contributed by atoms with Gasteiger partial charge in [-0.3, -0.25) is 5.32 Å². The van der Waals surface area contributed by atoms with E-state index in [2.05, 4.69) is 5.32 Å². The maximum absolute atomic E-state index is 12.9. The van der Waals surface area contributed by atoms with Gasteiger partial charge in [0.15, 0.2) is 0 Å². The van der Waals surface area contributed by atoms with Gasteiger partial charge in [-0.25, -0.2) is 0 Å². The number of nitrogens with zero attached hydrogens (tertiary/aromatic N) is 1. The van der Waals surface area contributed by atoms with Crippen molar-refractivity contribution in [2.75, 3.05) is 13.3 Å². The first-order valence-electron chi connectivity index (χ1n) is 4.51. The zero-order valence-corrected chi connectivity index (χ0v) is 9.69. The van der Waals surface area contributed by atoms with Crippen molar-refractivity contribution in [2.45, 2.75) is 6.30 Å². The molecule has 0 atom stereocenters. The molecule has 0 saturated heterocycles. The van der Waals surface area contributed by atoms with Gasteiger partial charge in [-0.1, -0.05) is 18.2 Å². The zero-order chi connectivity index (χ0) is 12.2. The lowest BCUT2D eigenvalue weighted by Gasteiger charge is -2.12. The van der Waals surface area contributed by atoms with Crippen LogP contribution in [0.1, 0.15) is 0 Å². The van der Waals surface area contributed by atoms with Crippen molar-refractivity contribution in [3.8, 4) is 0 Å². The van der Waals surface area contributed by atoms with Gasteiger partial charge < -0.3 is 0 Å². The summed E-state index contributed by atoms with van der Waals surface area (Å²) >= 11 is 1.01. The van der Waals surface area contributed by atoms with E-state index in [9.17, 15) is 13.2 Å². The molecule has 0 aliphatic rings. The van der Waals surface area contributed by atoms with Gasteiger partial charge in [0.05, 0.1) is 7.05 Å². The SMILES string of the molecule is CNC(SC)=[N+](c1ccccc1)C(F)(F)F. The number of para-hydroxylation sites is 1. The molecule has 0 aromatic heterocycles. The molecule has 1 rings (SSSR count). The molecule has 0 saturated carbocycles. The molecule has 0 spiro atoms. The molecular formula is C10H12F3N2S+. The largest absolute Gasteiger partial charge is 0.568 e. The van der Waals surface area contributed by atoms with Crippen LogP contribution in [0.4, 0.5) is 18.9 Å². The summed E-state index contributed by atoms with van der Waals surface area (Å²) in [5.74, 6) is 0. The van der Waals surface area contributed by atoms with Crippen molar-refractivity contribution in [1.82, 2.24) is 5.32 Å². The molecular weight excluding hydrogens is 237 g/mol. The monoisotopic (exact) mass is 249 g/mol. The van der Waals surface area contributed by atoms with E-state index in [0.717, 1.165) is 11.8 Å². The predicted molar refractivity (Wildman–Crippen MR) is 60.0 cm³/mol. The second-order valence-corrected chi connectivity index (χ2v) is 3.69. The summed E-state index contributed by atoms with van der Waals surface area (Å²) in [6.07, 6.45) is -2.85. The second-order valence-electron chi connectivity index (χ2n) is 2.90. The molecule has 0 fully saturated rings. The fourth-order valence-corrected chi connectivity index (χ4v) is 1.86. The second kappa shape index (κ2) is 5.25. The molecule has 1 aromatic carbocycles. The fraction of sp³-hybridized carbons (Fsp3) is 0.300. The van der Waals surface area contributed by atoms with Crippen LogP contribution in [0.25, 0.3) is 0 Å². The molecule has 6 heteroatoms. The number of nitrogens with one attached hydrogen (secondary N) is 1. The molecule has 0 amide bonds. The number of rotatable bonds is 1. The number of benzene rings is 1. The molecule has 16 heavy (non-hydrogen) atoms. The number of halogens is 3. The third-order valence-corrected chi connectivity index (χ3v) is 2.65. The van der Waals surface area contributed by atoms with Crippen molar-refractivity contribution in [3.05, 3.63) is 30.3 Å². The Morgan fingerprint density at radius 3 is 2.19 bits per heavy atom. The summed E-state index contributed by atoms with van der Waals surface area (Å²) < 4.78 is 39.0. The van der Waals surface area contributed by atoms with E-state index < -0.39 is 6.30 Å². The van der Waals surface area contributed by atoms with Gasteiger partial charge in [-0.15, -0.1) is 17.7 Å². The summed E-state index contributed by atoms with van der Waals surface area (Å²) in [4.78, 5) is 0. The first-order chi connectivity index (χ1) is 7.50. The van der Waals surface area contributed by atoms with Gasteiger partial charge in [0.1, 0.15) is 5.69 Å². The van der Waals surface area contributed by atoms with E-state index in [1.54, 1.807) is 24.5 Å². The molecule has 0 aliphatic carbocycles. The Morgan fingerprint density at radius 1 is 1.25 bits per heavy atom. The summed E-state index contributed by atoms with van der Waals surface area (Å²) in [6.45, 7) is 0. The van der Waals surface area contributed by atoms with Gasteiger partial charge >= 0.3 is 11.5 Å². The molecule has 1 aromatic rings. The minimum absolute atomic E-state index is 0.0405. The first-order valence-corrected chi connectivity index (χ1v) is 5.74. The van der Waals surface area contributed by atoms with Crippen molar-refractivity contribution >= 4 is 22.6 Å². The Labute approximate surface area is 96.2 Å². The van der Waals surface area contributed by atoms with Gasteiger partial charge in [0.25, 0.3) is 0 Å². The Morgan fingerprint density at radius 2 is 1.81 bits per heavy atom. The molecule has 0 radical (unpaired) electrons. The van der Waals surface area contributed by atoms with E-state index in [1.807, 2.05) is 0 Å². The van der Waals surface area contributed by atoms with Crippen LogP contribution in [0.5, 0.6) is 0 Å². The lowest BCUT2D eigenvalue weighted by atomic mass is 10.3. The van der Waals surface area contributed by atoms with Crippen LogP contribution in [0.15, 0.2) is 30.3 Å². The number of alkyl halides is 3. The topological polar surface area (TPSA) is 15.0 Å². The highest BCUT2D eigenvalue weighted by atomic mass is 32.2. The highest BCUT2D eigenvalue weighted by Gasteiger charge is 2.42. The van der Waals surface area contributed by atoms with Gasteiger partial charge in [0.2, 0.25) is 0 Å². The molecule has 0 bridgehead atoms. The molecule has 88 valence electrons. The highest BCUT2D eigenvalue weighted by Crippen LogP contribution is 2.27. The van der Waals surface area contributed by atoms with Crippen molar-refractivity contribution in [3.63, 3.8) is 0 Å². The Hall–Kier alpha value is -1.17. The Kier molecular flexibility index (Phi) is 4.23. The average Bonchev–Trinajstić information content (AvgIpc) is 2.25. The Balaban J connectivity index is 3.33. The van der Waals surface area contributed by atoms with E-state index in [4.69, 9.17) is 0 Å². The van der Waals surface area contributed by atoms with E-state index in [0.29, 0.717) is 4.58 Å². The van der Waals surface area contributed by atoms with Gasteiger partial charge in [-0.2, -0.15) is 0 Å².